The SMILES string of the molecule is Cn1c(=O)ccn(-c2ccccc2Br)c1=O. The largest absolute Gasteiger partial charge is 0.335 e. The fourth-order valence-electron chi connectivity index (χ4n) is 1.40. The lowest BCUT2D eigenvalue weighted by molar-refractivity contribution is 0.727. The van der Waals surface area contributed by atoms with E-state index in [0.717, 1.165) is 9.04 Å². The molecule has 0 saturated carbocycles. The van der Waals surface area contributed by atoms with E-state index in [9.17, 15) is 9.59 Å². The standard InChI is InChI=1S/C11H9BrN2O2/c1-13-10(15)6-7-14(11(13)16)9-5-3-2-4-8(9)12/h2-7H,1H3. The maximum atomic E-state index is 11.8. The van der Waals surface area contributed by atoms with Gasteiger partial charge in [0.2, 0.25) is 0 Å². The second-order valence-electron chi connectivity index (χ2n) is 3.32. The summed E-state index contributed by atoms with van der Waals surface area (Å²) in [7, 11) is 1.46. The number of halogens is 1. The average molecular weight is 281 g/mol. The Morgan fingerprint density at radius 1 is 1.12 bits per heavy atom. The molecule has 0 aliphatic heterocycles. The molecule has 0 amide bonds. The summed E-state index contributed by atoms with van der Waals surface area (Å²) in [6.07, 6.45) is 1.48. The second kappa shape index (κ2) is 4.09. The number of para-hydroxylation sites is 1. The van der Waals surface area contributed by atoms with E-state index in [4.69, 9.17) is 0 Å². The summed E-state index contributed by atoms with van der Waals surface area (Å²) in [5, 5.41) is 0. The van der Waals surface area contributed by atoms with E-state index in [1.54, 1.807) is 6.07 Å². The van der Waals surface area contributed by atoms with Crippen molar-refractivity contribution in [2.45, 2.75) is 0 Å². The Kier molecular flexibility index (Phi) is 2.78. The van der Waals surface area contributed by atoms with Gasteiger partial charge in [-0.3, -0.25) is 13.9 Å². The van der Waals surface area contributed by atoms with Crippen LogP contribution in [0.15, 0.2) is 50.6 Å². The Labute approximate surface area is 99.9 Å². The first-order valence-electron chi connectivity index (χ1n) is 4.65. The van der Waals surface area contributed by atoms with Crippen LogP contribution in [0.25, 0.3) is 5.69 Å². The minimum absolute atomic E-state index is 0.312. The predicted molar refractivity (Wildman–Crippen MR) is 65.0 cm³/mol. The summed E-state index contributed by atoms with van der Waals surface area (Å²) < 4.78 is 3.29. The van der Waals surface area contributed by atoms with Crippen molar-refractivity contribution in [2.75, 3.05) is 0 Å². The van der Waals surface area contributed by atoms with Gasteiger partial charge in [-0.25, -0.2) is 4.79 Å². The number of benzene rings is 1. The van der Waals surface area contributed by atoms with Crippen molar-refractivity contribution in [3.63, 3.8) is 0 Å². The zero-order valence-electron chi connectivity index (χ0n) is 8.55. The van der Waals surface area contributed by atoms with E-state index in [2.05, 4.69) is 15.9 Å². The quantitative estimate of drug-likeness (QED) is 0.790. The van der Waals surface area contributed by atoms with Crippen LogP contribution in [0, 0.1) is 0 Å². The Morgan fingerprint density at radius 3 is 2.50 bits per heavy atom. The van der Waals surface area contributed by atoms with Gasteiger partial charge >= 0.3 is 5.69 Å². The monoisotopic (exact) mass is 280 g/mol. The van der Waals surface area contributed by atoms with Crippen LogP contribution in [0.2, 0.25) is 0 Å². The van der Waals surface area contributed by atoms with E-state index in [-0.39, 0.29) is 11.2 Å². The van der Waals surface area contributed by atoms with Gasteiger partial charge in [-0.05, 0) is 28.1 Å². The number of hydrogen-bond donors (Lipinski definition) is 0. The van der Waals surface area contributed by atoms with Crippen LogP contribution >= 0.6 is 15.9 Å². The Bertz CT molecular complexity index is 643. The third-order valence-electron chi connectivity index (χ3n) is 2.30. The smallest absolute Gasteiger partial charge is 0.269 e. The van der Waals surface area contributed by atoms with Gasteiger partial charge in [0.15, 0.2) is 0 Å². The van der Waals surface area contributed by atoms with Crippen LogP contribution in [0.1, 0.15) is 0 Å². The van der Waals surface area contributed by atoms with Crippen molar-refractivity contribution in [3.05, 3.63) is 61.8 Å². The molecule has 1 aromatic heterocycles. The maximum absolute atomic E-state index is 11.8. The van der Waals surface area contributed by atoms with Crippen molar-refractivity contribution in [2.24, 2.45) is 7.05 Å². The van der Waals surface area contributed by atoms with Crippen molar-refractivity contribution >= 4 is 15.9 Å². The molecule has 2 aromatic rings. The number of aromatic nitrogens is 2. The lowest BCUT2D eigenvalue weighted by Crippen LogP contribution is -2.36. The molecule has 5 heteroatoms. The Hall–Kier alpha value is -1.62. The Morgan fingerprint density at radius 2 is 1.81 bits per heavy atom. The number of rotatable bonds is 1. The minimum Gasteiger partial charge on any atom is -0.269 e. The van der Waals surface area contributed by atoms with Gasteiger partial charge in [0.1, 0.15) is 0 Å². The lowest BCUT2D eigenvalue weighted by atomic mass is 10.3. The molecule has 0 aliphatic carbocycles. The van der Waals surface area contributed by atoms with Crippen molar-refractivity contribution in [3.8, 4) is 5.69 Å². The number of nitrogens with zero attached hydrogens (tertiary/aromatic N) is 2. The second-order valence-corrected chi connectivity index (χ2v) is 4.17. The normalized spacial score (nSPS) is 10.4. The molecule has 1 heterocycles. The van der Waals surface area contributed by atoms with Gasteiger partial charge in [0.25, 0.3) is 5.56 Å². The van der Waals surface area contributed by atoms with E-state index in [1.807, 2.05) is 18.2 Å². The molecule has 0 aliphatic rings. The average Bonchev–Trinajstić information content (AvgIpc) is 2.28. The summed E-state index contributed by atoms with van der Waals surface area (Å²) in [5.74, 6) is 0. The first kappa shape index (κ1) is 10.9. The van der Waals surface area contributed by atoms with Crippen molar-refractivity contribution < 1.29 is 0 Å². The van der Waals surface area contributed by atoms with Crippen LogP contribution in [-0.4, -0.2) is 9.13 Å². The third kappa shape index (κ3) is 1.74. The molecule has 16 heavy (non-hydrogen) atoms. The Balaban J connectivity index is 2.77. The molecule has 0 spiro atoms. The predicted octanol–water partition coefficient (Wildman–Crippen LogP) is 1.30. The van der Waals surface area contributed by atoms with E-state index in [1.165, 1.54) is 23.9 Å². The summed E-state index contributed by atoms with van der Waals surface area (Å²) in [6, 6.07) is 8.70. The molecule has 0 atom stereocenters. The van der Waals surface area contributed by atoms with Gasteiger partial charge in [0.05, 0.1) is 5.69 Å². The lowest BCUT2D eigenvalue weighted by Gasteiger charge is -2.08. The highest BCUT2D eigenvalue weighted by Gasteiger charge is 2.05. The highest BCUT2D eigenvalue weighted by Crippen LogP contribution is 2.18. The molecule has 82 valence electrons. The molecule has 0 N–H and O–H groups in total. The molecule has 0 fully saturated rings. The summed E-state index contributed by atoms with van der Waals surface area (Å²) in [5.41, 5.74) is 0.0378. The third-order valence-corrected chi connectivity index (χ3v) is 2.97. The topological polar surface area (TPSA) is 44.0 Å². The van der Waals surface area contributed by atoms with Crippen molar-refractivity contribution in [1.29, 1.82) is 0 Å². The fourth-order valence-corrected chi connectivity index (χ4v) is 1.88. The van der Waals surface area contributed by atoms with Crippen molar-refractivity contribution in [1.82, 2.24) is 9.13 Å². The van der Waals surface area contributed by atoms with Gasteiger partial charge in [-0.15, -0.1) is 0 Å². The fraction of sp³-hybridized carbons (Fsp3) is 0.0909. The van der Waals surface area contributed by atoms with Gasteiger partial charge in [-0.1, -0.05) is 12.1 Å². The van der Waals surface area contributed by atoms with Gasteiger partial charge < -0.3 is 0 Å². The molecule has 0 saturated heterocycles. The maximum Gasteiger partial charge on any atom is 0.335 e. The molecular weight excluding hydrogens is 272 g/mol. The first-order chi connectivity index (χ1) is 7.61. The van der Waals surface area contributed by atoms with Crippen LogP contribution < -0.4 is 11.2 Å². The zero-order valence-corrected chi connectivity index (χ0v) is 10.1. The van der Waals surface area contributed by atoms with E-state index >= 15 is 0 Å². The highest BCUT2D eigenvalue weighted by molar-refractivity contribution is 9.10. The van der Waals surface area contributed by atoms with Crippen LogP contribution in [-0.2, 0) is 7.05 Å². The summed E-state index contributed by atoms with van der Waals surface area (Å²) >= 11 is 3.36. The van der Waals surface area contributed by atoms with E-state index < -0.39 is 0 Å². The molecule has 4 nitrogen and oxygen atoms in total. The van der Waals surface area contributed by atoms with Crippen LogP contribution in [0.5, 0.6) is 0 Å². The molecule has 1 aromatic carbocycles. The minimum atomic E-state index is -0.362. The van der Waals surface area contributed by atoms with Gasteiger partial charge in [-0.2, -0.15) is 0 Å². The molecule has 2 rings (SSSR count). The highest BCUT2D eigenvalue weighted by atomic mass is 79.9. The molecular formula is C11H9BrN2O2. The number of hydrogen-bond acceptors (Lipinski definition) is 2. The molecule has 0 radical (unpaired) electrons. The van der Waals surface area contributed by atoms with Gasteiger partial charge in [0, 0.05) is 23.8 Å². The summed E-state index contributed by atoms with van der Waals surface area (Å²) in [6.45, 7) is 0. The molecule has 0 unspecified atom stereocenters. The summed E-state index contributed by atoms with van der Waals surface area (Å²) in [4.78, 5) is 23.1. The van der Waals surface area contributed by atoms with E-state index in [0.29, 0.717) is 5.69 Å². The molecule has 0 bridgehead atoms. The van der Waals surface area contributed by atoms with Crippen LogP contribution in [0.3, 0.4) is 0 Å². The first-order valence-corrected chi connectivity index (χ1v) is 5.44. The van der Waals surface area contributed by atoms with Crippen LogP contribution in [0.4, 0.5) is 0 Å². The zero-order chi connectivity index (χ0) is 11.7.